The summed E-state index contributed by atoms with van der Waals surface area (Å²) in [5.41, 5.74) is -0.383. The van der Waals surface area contributed by atoms with Crippen molar-refractivity contribution in [2.24, 2.45) is 7.05 Å². The van der Waals surface area contributed by atoms with Crippen molar-refractivity contribution in [2.45, 2.75) is 0 Å². The highest BCUT2D eigenvalue weighted by atomic mass is 16.5. The van der Waals surface area contributed by atoms with Gasteiger partial charge in [-0.05, 0) is 0 Å². The van der Waals surface area contributed by atoms with Crippen LogP contribution in [0.25, 0.3) is 0 Å². The number of nitrogens with one attached hydrogen (secondary N) is 1. The van der Waals surface area contributed by atoms with Gasteiger partial charge in [0.2, 0.25) is 5.82 Å². The first-order valence-corrected chi connectivity index (χ1v) is 4.69. The summed E-state index contributed by atoms with van der Waals surface area (Å²) in [6.07, 6.45) is 0. The zero-order valence-electron chi connectivity index (χ0n) is 8.39. The van der Waals surface area contributed by atoms with Gasteiger partial charge in [-0.1, -0.05) is 0 Å². The second-order valence-electron chi connectivity index (χ2n) is 3.31. The molecule has 15 heavy (non-hydrogen) atoms. The molecule has 7 nitrogen and oxygen atoms in total. The Morgan fingerprint density at radius 3 is 2.67 bits per heavy atom. The first-order chi connectivity index (χ1) is 7.18. The first kappa shape index (κ1) is 9.91. The van der Waals surface area contributed by atoms with Crippen molar-refractivity contribution in [3.8, 4) is 0 Å². The fourth-order valence-corrected chi connectivity index (χ4v) is 1.42. The van der Waals surface area contributed by atoms with Crippen molar-refractivity contribution in [2.75, 3.05) is 26.3 Å². The molecule has 2 rings (SSSR count). The summed E-state index contributed by atoms with van der Waals surface area (Å²) in [5.74, 6) is -0.166. The largest absolute Gasteiger partial charge is 0.378 e. The van der Waals surface area contributed by atoms with Gasteiger partial charge in [-0.3, -0.25) is 9.78 Å². The van der Waals surface area contributed by atoms with Crippen molar-refractivity contribution in [1.29, 1.82) is 0 Å². The summed E-state index contributed by atoms with van der Waals surface area (Å²) >= 11 is 0. The number of carbonyl (C=O) groups excluding carboxylic acids is 1. The van der Waals surface area contributed by atoms with Gasteiger partial charge in [-0.25, -0.2) is 9.48 Å². The summed E-state index contributed by atoms with van der Waals surface area (Å²) in [4.78, 5) is 26.9. The maximum atomic E-state index is 11.8. The molecule has 2 heterocycles. The highest BCUT2D eigenvalue weighted by Crippen LogP contribution is 2.01. The van der Waals surface area contributed by atoms with Gasteiger partial charge in [-0.2, -0.15) is 0 Å². The van der Waals surface area contributed by atoms with E-state index in [9.17, 15) is 9.59 Å². The lowest BCUT2D eigenvalue weighted by Gasteiger charge is -2.25. The molecular weight excluding hydrogens is 200 g/mol. The van der Waals surface area contributed by atoms with Gasteiger partial charge in [0.05, 0.1) is 13.2 Å². The molecule has 1 amide bonds. The van der Waals surface area contributed by atoms with Crippen molar-refractivity contribution in [3.63, 3.8) is 0 Å². The summed E-state index contributed by atoms with van der Waals surface area (Å²) in [6.45, 7) is 2.14. The van der Waals surface area contributed by atoms with Gasteiger partial charge in [0.1, 0.15) is 0 Å². The minimum atomic E-state index is -0.383. The molecule has 1 aromatic heterocycles. The van der Waals surface area contributed by atoms with Crippen LogP contribution in [0.4, 0.5) is 0 Å². The third-order valence-corrected chi connectivity index (χ3v) is 2.27. The van der Waals surface area contributed by atoms with Gasteiger partial charge in [-0.15, -0.1) is 5.10 Å². The molecule has 0 aromatic carbocycles. The molecule has 0 bridgehead atoms. The topological polar surface area (TPSA) is 80.2 Å². The molecule has 7 heteroatoms. The predicted molar refractivity (Wildman–Crippen MR) is 50.6 cm³/mol. The maximum Gasteiger partial charge on any atom is 0.343 e. The van der Waals surface area contributed by atoms with Gasteiger partial charge in [0, 0.05) is 20.1 Å². The number of ether oxygens (including phenoxy) is 1. The molecule has 1 fully saturated rings. The van der Waals surface area contributed by atoms with Crippen LogP contribution in [0.15, 0.2) is 4.79 Å². The number of morpholine rings is 1. The third-order valence-electron chi connectivity index (χ3n) is 2.27. The minimum Gasteiger partial charge on any atom is -0.378 e. The summed E-state index contributed by atoms with van der Waals surface area (Å²) < 4.78 is 6.23. The van der Waals surface area contributed by atoms with Crippen LogP contribution in [0.2, 0.25) is 0 Å². The zero-order chi connectivity index (χ0) is 10.8. The third kappa shape index (κ3) is 1.91. The van der Waals surface area contributed by atoms with E-state index in [0.717, 1.165) is 4.68 Å². The highest BCUT2D eigenvalue weighted by Gasteiger charge is 2.21. The lowest BCUT2D eigenvalue weighted by molar-refractivity contribution is 0.0294. The van der Waals surface area contributed by atoms with E-state index < -0.39 is 0 Å². The second kappa shape index (κ2) is 3.85. The monoisotopic (exact) mass is 212 g/mol. The number of nitrogens with zero attached hydrogens (tertiary/aromatic N) is 3. The van der Waals surface area contributed by atoms with E-state index in [1.165, 1.54) is 7.05 Å². The van der Waals surface area contributed by atoms with E-state index in [2.05, 4.69) is 10.1 Å². The minimum absolute atomic E-state index is 0.0874. The van der Waals surface area contributed by atoms with E-state index in [1.54, 1.807) is 4.90 Å². The van der Waals surface area contributed by atoms with Crippen molar-refractivity contribution < 1.29 is 9.53 Å². The molecule has 1 N–H and O–H groups in total. The molecule has 1 saturated heterocycles. The number of aryl methyl sites for hydroxylation is 1. The Morgan fingerprint density at radius 1 is 1.47 bits per heavy atom. The van der Waals surface area contributed by atoms with Gasteiger partial charge in [0.15, 0.2) is 0 Å². The average molecular weight is 212 g/mol. The van der Waals surface area contributed by atoms with Crippen LogP contribution in [-0.4, -0.2) is 51.9 Å². The van der Waals surface area contributed by atoms with Crippen LogP contribution in [0.1, 0.15) is 10.6 Å². The molecule has 0 aliphatic carbocycles. The smallest absolute Gasteiger partial charge is 0.343 e. The normalized spacial score (nSPS) is 16.7. The lowest BCUT2D eigenvalue weighted by Crippen LogP contribution is -2.41. The summed E-state index contributed by atoms with van der Waals surface area (Å²) in [6, 6.07) is 0. The van der Waals surface area contributed by atoms with E-state index in [1.807, 2.05) is 0 Å². The Balaban J connectivity index is 2.16. The fraction of sp³-hybridized carbons (Fsp3) is 0.625. The Bertz CT molecular complexity index is 416. The molecule has 1 aromatic rings. The number of H-pyrrole nitrogens is 1. The second-order valence-corrected chi connectivity index (χ2v) is 3.31. The van der Waals surface area contributed by atoms with E-state index in [-0.39, 0.29) is 17.4 Å². The molecule has 0 radical (unpaired) electrons. The van der Waals surface area contributed by atoms with Crippen LogP contribution in [0.5, 0.6) is 0 Å². The molecule has 0 saturated carbocycles. The number of hydrogen-bond donors (Lipinski definition) is 1. The van der Waals surface area contributed by atoms with Crippen LogP contribution in [0, 0.1) is 0 Å². The number of rotatable bonds is 1. The molecular formula is C8H12N4O3. The Morgan fingerprint density at radius 2 is 2.13 bits per heavy atom. The number of aromatic nitrogens is 3. The van der Waals surface area contributed by atoms with E-state index >= 15 is 0 Å². The van der Waals surface area contributed by atoms with Crippen LogP contribution in [-0.2, 0) is 11.8 Å². The van der Waals surface area contributed by atoms with Crippen LogP contribution < -0.4 is 5.69 Å². The number of amides is 1. The van der Waals surface area contributed by atoms with E-state index in [4.69, 9.17) is 4.74 Å². The lowest BCUT2D eigenvalue weighted by atomic mass is 10.4. The number of carbonyl (C=O) groups is 1. The van der Waals surface area contributed by atoms with Gasteiger partial charge < -0.3 is 9.64 Å². The average Bonchev–Trinajstić information content (AvgIpc) is 2.59. The van der Waals surface area contributed by atoms with E-state index in [0.29, 0.717) is 26.3 Å². The molecule has 1 aliphatic heterocycles. The number of aromatic amines is 1. The summed E-state index contributed by atoms with van der Waals surface area (Å²) in [5, 5.41) is 3.80. The Labute approximate surface area is 85.6 Å². The van der Waals surface area contributed by atoms with Crippen LogP contribution in [0.3, 0.4) is 0 Å². The van der Waals surface area contributed by atoms with Crippen molar-refractivity contribution in [1.82, 2.24) is 19.7 Å². The van der Waals surface area contributed by atoms with Crippen molar-refractivity contribution in [3.05, 3.63) is 16.3 Å². The zero-order valence-corrected chi connectivity index (χ0v) is 8.39. The molecule has 0 atom stereocenters. The standard InChI is InChI=1S/C8H12N4O3/c1-11-8(14)9-6(10-11)7(13)12-2-4-15-5-3-12/h2-5H2,1H3,(H,9,10,14). The molecule has 82 valence electrons. The predicted octanol–water partition coefficient (Wildman–Crippen LogP) is -1.42. The SMILES string of the molecule is Cn1nc(C(=O)N2CCOCC2)[nH]c1=O. The Kier molecular flexibility index (Phi) is 2.55. The van der Waals surface area contributed by atoms with Gasteiger partial charge >= 0.3 is 5.69 Å². The quantitative estimate of drug-likeness (QED) is 0.619. The first-order valence-electron chi connectivity index (χ1n) is 4.69. The van der Waals surface area contributed by atoms with Crippen molar-refractivity contribution >= 4 is 5.91 Å². The Hall–Kier alpha value is -1.63. The molecule has 0 unspecified atom stereocenters. The molecule has 0 spiro atoms. The van der Waals surface area contributed by atoms with Gasteiger partial charge in [0.25, 0.3) is 5.91 Å². The highest BCUT2D eigenvalue weighted by molar-refractivity contribution is 5.90. The molecule has 1 aliphatic rings. The fourth-order valence-electron chi connectivity index (χ4n) is 1.42. The maximum absolute atomic E-state index is 11.8. The number of hydrogen-bond acceptors (Lipinski definition) is 4. The summed E-state index contributed by atoms with van der Waals surface area (Å²) in [7, 11) is 1.49. The van der Waals surface area contributed by atoms with Crippen LogP contribution >= 0.6 is 0 Å².